The topological polar surface area (TPSA) is 39.2 Å². The van der Waals surface area contributed by atoms with Crippen molar-refractivity contribution in [1.82, 2.24) is 4.98 Å². The van der Waals surface area contributed by atoms with E-state index in [-0.39, 0.29) is 0 Å². The molecular weight excluding hydrogens is 190 g/mol. The summed E-state index contributed by atoms with van der Waals surface area (Å²) < 4.78 is 5.25. The zero-order chi connectivity index (χ0) is 10.8. The van der Waals surface area contributed by atoms with Crippen LogP contribution >= 0.6 is 0 Å². The van der Waals surface area contributed by atoms with Crippen LogP contribution in [0.4, 0.5) is 0 Å². The molecule has 0 saturated carbocycles. The summed E-state index contributed by atoms with van der Waals surface area (Å²) >= 11 is 0. The molecule has 0 amide bonds. The molecule has 0 aliphatic rings. The molecule has 2 rings (SSSR count). The van der Waals surface area contributed by atoms with Crippen molar-refractivity contribution in [3.8, 4) is 5.75 Å². The Morgan fingerprint density at radius 2 is 2.13 bits per heavy atom. The van der Waals surface area contributed by atoms with Gasteiger partial charge in [0.25, 0.3) is 0 Å². The molecule has 1 aromatic heterocycles. The van der Waals surface area contributed by atoms with Gasteiger partial charge in [-0.3, -0.25) is 9.78 Å². The number of carbonyl (C=O) groups is 1. The van der Waals surface area contributed by atoms with E-state index in [1.165, 1.54) is 0 Å². The predicted octanol–water partition coefficient (Wildman–Crippen LogP) is 2.36. The van der Waals surface area contributed by atoms with Crippen LogP contribution in [0.25, 0.3) is 10.9 Å². The fraction of sp³-hybridized carbons (Fsp3) is 0.167. The van der Waals surface area contributed by atoms with Gasteiger partial charge in [-0.1, -0.05) is 6.07 Å². The number of nitrogens with zero attached hydrogens (tertiary/aromatic N) is 1. The van der Waals surface area contributed by atoms with Crippen molar-refractivity contribution in [2.24, 2.45) is 0 Å². The van der Waals surface area contributed by atoms with Crippen LogP contribution in [0.5, 0.6) is 5.75 Å². The van der Waals surface area contributed by atoms with Gasteiger partial charge in [0, 0.05) is 22.7 Å². The molecule has 0 aliphatic carbocycles. The summed E-state index contributed by atoms with van der Waals surface area (Å²) in [5.41, 5.74) is 2.29. The standard InChI is InChI=1S/C12H11NO2/c1-8-5-12(15-2)10-4-3-9(7-14)6-11(10)13-8/h3-7H,1-2H3. The molecule has 0 spiro atoms. The van der Waals surface area contributed by atoms with E-state index in [0.29, 0.717) is 5.56 Å². The first-order valence-corrected chi connectivity index (χ1v) is 4.65. The van der Waals surface area contributed by atoms with Crippen LogP contribution in [-0.2, 0) is 0 Å². The number of carbonyl (C=O) groups excluding carboxylic acids is 1. The second kappa shape index (κ2) is 3.69. The number of hydrogen-bond acceptors (Lipinski definition) is 3. The Morgan fingerprint density at radius 3 is 2.80 bits per heavy atom. The minimum Gasteiger partial charge on any atom is -0.496 e. The fourth-order valence-electron chi connectivity index (χ4n) is 1.58. The monoisotopic (exact) mass is 201 g/mol. The second-order valence-electron chi connectivity index (χ2n) is 3.36. The summed E-state index contributed by atoms with van der Waals surface area (Å²) in [7, 11) is 1.63. The van der Waals surface area contributed by atoms with E-state index in [1.807, 2.05) is 19.1 Å². The lowest BCUT2D eigenvalue weighted by Crippen LogP contribution is -1.91. The van der Waals surface area contributed by atoms with Gasteiger partial charge < -0.3 is 4.74 Å². The molecule has 0 N–H and O–H groups in total. The highest BCUT2D eigenvalue weighted by Gasteiger charge is 2.04. The van der Waals surface area contributed by atoms with Gasteiger partial charge in [0.05, 0.1) is 12.6 Å². The highest BCUT2D eigenvalue weighted by atomic mass is 16.5. The quantitative estimate of drug-likeness (QED) is 0.700. The van der Waals surface area contributed by atoms with E-state index >= 15 is 0 Å². The van der Waals surface area contributed by atoms with Crippen molar-refractivity contribution in [2.75, 3.05) is 7.11 Å². The first kappa shape index (κ1) is 9.65. The van der Waals surface area contributed by atoms with Gasteiger partial charge in [-0.15, -0.1) is 0 Å². The van der Waals surface area contributed by atoms with Gasteiger partial charge in [0.15, 0.2) is 0 Å². The van der Waals surface area contributed by atoms with Gasteiger partial charge in [-0.05, 0) is 19.1 Å². The Labute approximate surface area is 87.7 Å². The van der Waals surface area contributed by atoms with E-state index in [2.05, 4.69) is 4.98 Å². The Balaban J connectivity index is 2.77. The van der Waals surface area contributed by atoms with Crippen molar-refractivity contribution in [1.29, 1.82) is 0 Å². The number of benzene rings is 1. The number of pyridine rings is 1. The fourth-order valence-corrected chi connectivity index (χ4v) is 1.58. The number of aryl methyl sites for hydroxylation is 1. The first-order valence-electron chi connectivity index (χ1n) is 4.65. The molecule has 1 heterocycles. The van der Waals surface area contributed by atoms with Crippen molar-refractivity contribution in [2.45, 2.75) is 6.92 Å². The van der Waals surface area contributed by atoms with Gasteiger partial charge in [0.1, 0.15) is 12.0 Å². The molecule has 3 heteroatoms. The summed E-state index contributed by atoms with van der Waals surface area (Å²) in [6.45, 7) is 1.90. The van der Waals surface area contributed by atoms with Crippen molar-refractivity contribution < 1.29 is 9.53 Å². The minimum absolute atomic E-state index is 0.627. The normalized spacial score (nSPS) is 10.3. The lowest BCUT2D eigenvalue weighted by atomic mass is 10.1. The van der Waals surface area contributed by atoms with Gasteiger partial charge in [-0.2, -0.15) is 0 Å². The predicted molar refractivity (Wildman–Crippen MR) is 58.4 cm³/mol. The van der Waals surface area contributed by atoms with Gasteiger partial charge in [-0.25, -0.2) is 0 Å². The molecule has 0 saturated heterocycles. The Kier molecular flexibility index (Phi) is 2.37. The van der Waals surface area contributed by atoms with Crippen LogP contribution in [0, 0.1) is 6.92 Å². The van der Waals surface area contributed by atoms with Gasteiger partial charge in [0.2, 0.25) is 0 Å². The van der Waals surface area contributed by atoms with E-state index in [4.69, 9.17) is 4.74 Å². The summed E-state index contributed by atoms with van der Waals surface area (Å²) in [5, 5.41) is 0.925. The number of aromatic nitrogens is 1. The molecule has 0 aliphatic heterocycles. The first-order chi connectivity index (χ1) is 7.24. The third-order valence-corrected chi connectivity index (χ3v) is 2.28. The van der Waals surface area contributed by atoms with Crippen molar-refractivity contribution in [3.63, 3.8) is 0 Å². The second-order valence-corrected chi connectivity index (χ2v) is 3.36. The van der Waals surface area contributed by atoms with Crippen LogP contribution in [0.1, 0.15) is 16.1 Å². The summed E-state index contributed by atoms with van der Waals surface area (Å²) in [5.74, 6) is 0.787. The maximum atomic E-state index is 10.6. The smallest absolute Gasteiger partial charge is 0.150 e. The number of ether oxygens (including phenoxy) is 1. The van der Waals surface area contributed by atoms with Crippen LogP contribution in [-0.4, -0.2) is 18.4 Å². The van der Waals surface area contributed by atoms with Crippen molar-refractivity contribution >= 4 is 17.2 Å². The third-order valence-electron chi connectivity index (χ3n) is 2.28. The molecule has 1 aromatic carbocycles. The maximum absolute atomic E-state index is 10.6. The Morgan fingerprint density at radius 1 is 1.33 bits per heavy atom. The number of methoxy groups -OCH3 is 1. The zero-order valence-electron chi connectivity index (χ0n) is 8.65. The number of rotatable bonds is 2. The van der Waals surface area contributed by atoms with E-state index in [0.717, 1.165) is 28.6 Å². The number of fused-ring (bicyclic) bond motifs is 1. The molecular formula is C12H11NO2. The summed E-state index contributed by atoms with van der Waals surface area (Å²) in [6.07, 6.45) is 0.815. The summed E-state index contributed by atoms with van der Waals surface area (Å²) in [4.78, 5) is 15.0. The molecule has 0 fully saturated rings. The molecule has 15 heavy (non-hydrogen) atoms. The lowest BCUT2D eigenvalue weighted by molar-refractivity contribution is 0.112. The lowest BCUT2D eigenvalue weighted by Gasteiger charge is -2.06. The third kappa shape index (κ3) is 1.68. The van der Waals surface area contributed by atoms with Gasteiger partial charge >= 0.3 is 0 Å². The van der Waals surface area contributed by atoms with E-state index in [9.17, 15) is 4.79 Å². The molecule has 3 nitrogen and oxygen atoms in total. The van der Waals surface area contributed by atoms with E-state index in [1.54, 1.807) is 19.2 Å². The minimum atomic E-state index is 0.627. The highest BCUT2D eigenvalue weighted by Crippen LogP contribution is 2.25. The van der Waals surface area contributed by atoms with Crippen LogP contribution in [0.15, 0.2) is 24.3 Å². The Hall–Kier alpha value is -1.90. The average Bonchev–Trinajstić information content (AvgIpc) is 2.26. The SMILES string of the molecule is COc1cc(C)nc2cc(C=O)ccc12. The molecule has 0 bridgehead atoms. The number of hydrogen-bond donors (Lipinski definition) is 0. The molecule has 76 valence electrons. The largest absolute Gasteiger partial charge is 0.496 e. The number of aldehydes is 1. The Bertz CT molecular complexity index is 520. The maximum Gasteiger partial charge on any atom is 0.150 e. The van der Waals surface area contributed by atoms with Crippen LogP contribution in [0.3, 0.4) is 0 Å². The molecule has 0 radical (unpaired) electrons. The van der Waals surface area contributed by atoms with Crippen LogP contribution < -0.4 is 4.74 Å². The molecule has 2 aromatic rings. The summed E-state index contributed by atoms with van der Waals surface area (Å²) in [6, 6.07) is 7.25. The van der Waals surface area contributed by atoms with Crippen LogP contribution in [0.2, 0.25) is 0 Å². The highest BCUT2D eigenvalue weighted by molar-refractivity contribution is 5.90. The van der Waals surface area contributed by atoms with E-state index < -0.39 is 0 Å². The molecule has 0 unspecified atom stereocenters. The molecule has 0 atom stereocenters. The average molecular weight is 201 g/mol. The zero-order valence-corrected chi connectivity index (χ0v) is 8.65. The van der Waals surface area contributed by atoms with Crippen molar-refractivity contribution in [3.05, 3.63) is 35.5 Å².